The number of hydrogen-bond acceptors (Lipinski definition) is 2. The molecular formula is C11H8INO. The van der Waals surface area contributed by atoms with Gasteiger partial charge in [-0.05, 0) is 59.3 Å². The van der Waals surface area contributed by atoms with E-state index in [9.17, 15) is 4.79 Å². The van der Waals surface area contributed by atoms with Crippen molar-refractivity contribution in [1.82, 2.24) is 4.98 Å². The van der Waals surface area contributed by atoms with Gasteiger partial charge in [0.25, 0.3) is 0 Å². The van der Waals surface area contributed by atoms with E-state index in [1.807, 2.05) is 25.1 Å². The van der Waals surface area contributed by atoms with E-state index >= 15 is 0 Å². The minimum absolute atomic E-state index is 0.496. The minimum atomic E-state index is 0.496. The van der Waals surface area contributed by atoms with E-state index in [-0.39, 0.29) is 0 Å². The first-order valence-electron chi connectivity index (χ1n) is 4.23. The van der Waals surface area contributed by atoms with Crippen LogP contribution in [0, 0.1) is 10.5 Å². The molecule has 1 heterocycles. The van der Waals surface area contributed by atoms with Gasteiger partial charge in [0.2, 0.25) is 0 Å². The van der Waals surface area contributed by atoms with E-state index in [0.29, 0.717) is 5.69 Å². The van der Waals surface area contributed by atoms with Gasteiger partial charge in [-0.15, -0.1) is 0 Å². The van der Waals surface area contributed by atoms with Crippen molar-refractivity contribution < 1.29 is 4.79 Å². The maximum atomic E-state index is 10.6. The van der Waals surface area contributed by atoms with Crippen LogP contribution in [-0.4, -0.2) is 11.3 Å². The molecule has 0 unspecified atom stereocenters. The average molecular weight is 297 g/mol. The summed E-state index contributed by atoms with van der Waals surface area (Å²) in [6.45, 7) is 1.99. The van der Waals surface area contributed by atoms with E-state index in [4.69, 9.17) is 0 Å². The third-order valence-electron chi connectivity index (χ3n) is 2.12. The number of halogens is 1. The van der Waals surface area contributed by atoms with Gasteiger partial charge >= 0.3 is 0 Å². The van der Waals surface area contributed by atoms with Crippen molar-refractivity contribution >= 4 is 39.8 Å². The molecule has 0 fully saturated rings. The summed E-state index contributed by atoms with van der Waals surface area (Å²) in [4.78, 5) is 14.8. The van der Waals surface area contributed by atoms with Crippen LogP contribution in [0.4, 0.5) is 0 Å². The lowest BCUT2D eigenvalue weighted by Crippen LogP contribution is -1.91. The maximum Gasteiger partial charge on any atom is 0.168 e. The van der Waals surface area contributed by atoms with Crippen LogP contribution in [0.5, 0.6) is 0 Å². The number of nitrogens with zero attached hydrogens (tertiary/aromatic N) is 1. The maximum absolute atomic E-state index is 10.6. The molecule has 0 bridgehead atoms. The molecule has 0 atom stereocenters. The van der Waals surface area contributed by atoms with Crippen molar-refractivity contribution in [1.29, 1.82) is 0 Å². The van der Waals surface area contributed by atoms with E-state index in [1.54, 1.807) is 0 Å². The first-order chi connectivity index (χ1) is 6.70. The quantitative estimate of drug-likeness (QED) is 0.598. The summed E-state index contributed by atoms with van der Waals surface area (Å²) in [6, 6.07) is 7.82. The molecular weight excluding hydrogens is 289 g/mol. The highest BCUT2D eigenvalue weighted by Gasteiger charge is 2.02. The average Bonchev–Trinajstić information content (AvgIpc) is 2.19. The first kappa shape index (κ1) is 9.58. The molecule has 1 aromatic carbocycles. The summed E-state index contributed by atoms with van der Waals surface area (Å²) in [6.07, 6.45) is 0.782. The molecule has 0 N–H and O–H groups in total. The molecule has 0 aliphatic carbocycles. The molecule has 0 spiro atoms. The highest BCUT2D eigenvalue weighted by Crippen LogP contribution is 2.19. The molecule has 14 heavy (non-hydrogen) atoms. The number of carbonyl (C=O) groups excluding carboxylic acids is 1. The third-order valence-corrected chi connectivity index (χ3v) is 2.79. The molecule has 0 saturated carbocycles. The summed E-state index contributed by atoms with van der Waals surface area (Å²) in [5, 5.41) is 1.11. The number of aldehydes is 1. The summed E-state index contributed by atoms with van der Waals surface area (Å²) >= 11 is 2.27. The van der Waals surface area contributed by atoms with Crippen LogP contribution in [0.25, 0.3) is 10.9 Å². The SMILES string of the molecule is Cc1cc(C=O)nc2ccc(I)cc12. The molecule has 2 nitrogen and oxygen atoms in total. The Labute approximate surface area is 95.5 Å². The lowest BCUT2D eigenvalue weighted by Gasteiger charge is -2.02. The van der Waals surface area contributed by atoms with Gasteiger partial charge in [0.05, 0.1) is 5.52 Å². The Morgan fingerprint density at radius 1 is 1.36 bits per heavy atom. The van der Waals surface area contributed by atoms with Gasteiger partial charge in [0, 0.05) is 8.96 Å². The Morgan fingerprint density at radius 2 is 2.14 bits per heavy atom. The van der Waals surface area contributed by atoms with Crippen LogP contribution >= 0.6 is 22.6 Å². The monoisotopic (exact) mass is 297 g/mol. The molecule has 3 heteroatoms. The predicted molar refractivity (Wildman–Crippen MR) is 64.6 cm³/mol. The Hall–Kier alpha value is -0.970. The number of hydrogen-bond donors (Lipinski definition) is 0. The fourth-order valence-electron chi connectivity index (χ4n) is 1.45. The van der Waals surface area contributed by atoms with Crippen LogP contribution in [0.2, 0.25) is 0 Å². The van der Waals surface area contributed by atoms with Crippen molar-refractivity contribution in [3.05, 3.63) is 39.1 Å². The lowest BCUT2D eigenvalue weighted by atomic mass is 10.1. The number of aryl methyl sites for hydroxylation is 1. The van der Waals surface area contributed by atoms with Gasteiger partial charge in [0.1, 0.15) is 5.69 Å². The normalized spacial score (nSPS) is 10.4. The van der Waals surface area contributed by atoms with Gasteiger partial charge in [0.15, 0.2) is 6.29 Å². The molecule has 70 valence electrons. The van der Waals surface area contributed by atoms with E-state index in [2.05, 4.69) is 33.6 Å². The lowest BCUT2D eigenvalue weighted by molar-refractivity contribution is 0.111. The molecule has 1 aromatic heterocycles. The molecule has 0 aliphatic rings. The molecule has 0 amide bonds. The summed E-state index contributed by atoms with van der Waals surface area (Å²) in [5.74, 6) is 0. The van der Waals surface area contributed by atoms with Crippen LogP contribution in [0.3, 0.4) is 0 Å². The van der Waals surface area contributed by atoms with E-state index in [0.717, 1.165) is 22.8 Å². The van der Waals surface area contributed by atoms with Gasteiger partial charge in [-0.1, -0.05) is 0 Å². The second-order valence-corrected chi connectivity index (χ2v) is 4.39. The number of benzene rings is 1. The molecule has 0 saturated heterocycles. The van der Waals surface area contributed by atoms with Crippen LogP contribution in [-0.2, 0) is 0 Å². The topological polar surface area (TPSA) is 30.0 Å². The third kappa shape index (κ3) is 1.64. The standard InChI is InChI=1S/C11H8INO/c1-7-4-9(6-14)13-11-3-2-8(12)5-10(7)11/h2-6H,1H3. The van der Waals surface area contributed by atoms with Gasteiger partial charge in [-0.3, -0.25) is 4.79 Å². The van der Waals surface area contributed by atoms with Gasteiger partial charge in [-0.25, -0.2) is 4.98 Å². The molecule has 2 rings (SSSR count). The van der Waals surface area contributed by atoms with E-state index in [1.165, 1.54) is 3.57 Å². The van der Waals surface area contributed by atoms with Gasteiger partial charge in [-0.2, -0.15) is 0 Å². The van der Waals surface area contributed by atoms with Crippen LogP contribution in [0.1, 0.15) is 16.1 Å². The zero-order valence-electron chi connectivity index (χ0n) is 7.62. The van der Waals surface area contributed by atoms with Crippen LogP contribution in [0.15, 0.2) is 24.3 Å². The summed E-state index contributed by atoms with van der Waals surface area (Å²) in [5.41, 5.74) is 2.47. The Bertz CT molecular complexity index is 508. The molecule has 2 aromatic rings. The Morgan fingerprint density at radius 3 is 2.86 bits per heavy atom. The fraction of sp³-hybridized carbons (Fsp3) is 0.0909. The highest BCUT2D eigenvalue weighted by atomic mass is 127. The number of carbonyl (C=O) groups is 1. The fourth-order valence-corrected chi connectivity index (χ4v) is 1.94. The molecule has 0 aliphatic heterocycles. The zero-order chi connectivity index (χ0) is 10.1. The Balaban J connectivity index is 2.82. The second kappa shape index (κ2) is 3.65. The first-order valence-corrected chi connectivity index (χ1v) is 5.30. The highest BCUT2D eigenvalue weighted by molar-refractivity contribution is 14.1. The van der Waals surface area contributed by atoms with Crippen molar-refractivity contribution in [3.8, 4) is 0 Å². The number of pyridine rings is 1. The zero-order valence-corrected chi connectivity index (χ0v) is 9.78. The summed E-state index contributed by atoms with van der Waals surface area (Å²) < 4.78 is 1.18. The van der Waals surface area contributed by atoms with Crippen LogP contribution < -0.4 is 0 Å². The number of fused-ring (bicyclic) bond motifs is 1. The number of aromatic nitrogens is 1. The van der Waals surface area contributed by atoms with Crippen molar-refractivity contribution in [2.45, 2.75) is 6.92 Å². The van der Waals surface area contributed by atoms with Crippen molar-refractivity contribution in [2.24, 2.45) is 0 Å². The Kier molecular flexibility index (Phi) is 2.50. The smallest absolute Gasteiger partial charge is 0.168 e. The largest absolute Gasteiger partial charge is 0.296 e. The van der Waals surface area contributed by atoms with Crippen molar-refractivity contribution in [3.63, 3.8) is 0 Å². The van der Waals surface area contributed by atoms with E-state index < -0.39 is 0 Å². The minimum Gasteiger partial charge on any atom is -0.296 e. The number of rotatable bonds is 1. The van der Waals surface area contributed by atoms with Crippen molar-refractivity contribution in [2.75, 3.05) is 0 Å². The predicted octanol–water partition coefficient (Wildman–Crippen LogP) is 2.96. The van der Waals surface area contributed by atoms with Gasteiger partial charge < -0.3 is 0 Å². The second-order valence-electron chi connectivity index (χ2n) is 3.14. The summed E-state index contributed by atoms with van der Waals surface area (Å²) in [7, 11) is 0. The molecule has 0 radical (unpaired) electrons.